The zero-order valence-corrected chi connectivity index (χ0v) is 15.7. The molecule has 0 aliphatic carbocycles. The number of β-amino-alcohol motifs (C(OH)–C–C–N with tert-alkyl or cyclic N) is 1. The zero-order valence-electron chi connectivity index (χ0n) is 15.7. The van der Waals surface area contributed by atoms with Gasteiger partial charge in [-0.3, -0.25) is 9.59 Å². The van der Waals surface area contributed by atoms with Crippen LogP contribution in [0.5, 0.6) is 5.75 Å². The SMILES string of the molecule is Cc1cccc(C(=O)N2CC[C@@H](Oc3ccc4c(c3)CCC(=O)N4)[C@H](O)C2)n1. The summed E-state index contributed by atoms with van der Waals surface area (Å²) >= 11 is 0. The summed E-state index contributed by atoms with van der Waals surface area (Å²) in [5, 5.41) is 13.4. The van der Waals surface area contributed by atoms with Crippen molar-refractivity contribution in [3.8, 4) is 5.75 Å². The average Bonchev–Trinajstić information content (AvgIpc) is 2.69. The highest BCUT2D eigenvalue weighted by molar-refractivity contribution is 5.94. The summed E-state index contributed by atoms with van der Waals surface area (Å²) in [5.41, 5.74) is 3.02. The Morgan fingerprint density at radius 2 is 2.14 bits per heavy atom. The number of amides is 2. The van der Waals surface area contributed by atoms with E-state index >= 15 is 0 Å². The van der Waals surface area contributed by atoms with E-state index in [-0.39, 0.29) is 24.5 Å². The first kappa shape index (κ1) is 18.4. The molecule has 0 saturated carbocycles. The van der Waals surface area contributed by atoms with Gasteiger partial charge in [0.2, 0.25) is 5.91 Å². The fraction of sp³-hybridized carbons (Fsp3) is 0.381. The van der Waals surface area contributed by atoms with Crippen molar-refractivity contribution in [2.24, 2.45) is 0 Å². The predicted octanol–water partition coefficient (Wildman–Crippen LogP) is 1.93. The number of aromatic nitrogens is 1. The minimum atomic E-state index is -0.779. The van der Waals surface area contributed by atoms with Crippen LogP contribution in [0.1, 0.15) is 34.6 Å². The summed E-state index contributed by atoms with van der Waals surface area (Å²) in [7, 11) is 0. The molecule has 28 heavy (non-hydrogen) atoms. The van der Waals surface area contributed by atoms with Crippen LogP contribution >= 0.6 is 0 Å². The number of nitrogens with one attached hydrogen (secondary N) is 1. The van der Waals surface area contributed by atoms with E-state index in [1.54, 1.807) is 23.1 Å². The van der Waals surface area contributed by atoms with Crippen molar-refractivity contribution in [1.82, 2.24) is 9.88 Å². The first-order valence-corrected chi connectivity index (χ1v) is 9.50. The van der Waals surface area contributed by atoms with Crippen LogP contribution < -0.4 is 10.1 Å². The van der Waals surface area contributed by atoms with Gasteiger partial charge >= 0.3 is 0 Å². The molecule has 0 radical (unpaired) electrons. The summed E-state index contributed by atoms with van der Waals surface area (Å²) in [6.07, 6.45) is 0.514. The number of aryl methyl sites for hydroxylation is 2. The van der Waals surface area contributed by atoms with E-state index in [1.165, 1.54) is 0 Å². The minimum Gasteiger partial charge on any atom is -0.488 e. The van der Waals surface area contributed by atoms with Crippen LogP contribution in [0.2, 0.25) is 0 Å². The number of nitrogens with zero attached hydrogens (tertiary/aromatic N) is 2. The minimum absolute atomic E-state index is 0.0247. The third-order valence-corrected chi connectivity index (χ3v) is 5.17. The van der Waals surface area contributed by atoms with Gasteiger partial charge in [-0.2, -0.15) is 0 Å². The van der Waals surface area contributed by atoms with Gasteiger partial charge in [0.1, 0.15) is 23.7 Å². The lowest BCUT2D eigenvalue weighted by Crippen LogP contribution is -2.51. The number of hydrogen-bond acceptors (Lipinski definition) is 5. The first-order valence-electron chi connectivity index (χ1n) is 9.50. The van der Waals surface area contributed by atoms with Crippen molar-refractivity contribution in [2.75, 3.05) is 18.4 Å². The molecule has 2 atom stereocenters. The number of likely N-dealkylation sites (tertiary alicyclic amines) is 1. The highest BCUT2D eigenvalue weighted by atomic mass is 16.5. The monoisotopic (exact) mass is 381 g/mol. The molecule has 7 nitrogen and oxygen atoms in total. The van der Waals surface area contributed by atoms with Crippen molar-refractivity contribution < 1.29 is 19.4 Å². The smallest absolute Gasteiger partial charge is 0.272 e. The number of aliphatic hydroxyl groups is 1. The molecule has 1 fully saturated rings. The van der Waals surface area contributed by atoms with Crippen LogP contribution in [-0.4, -0.2) is 52.1 Å². The van der Waals surface area contributed by atoms with Crippen LogP contribution in [0.15, 0.2) is 36.4 Å². The highest BCUT2D eigenvalue weighted by Crippen LogP contribution is 2.28. The van der Waals surface area contributed by atoms with Gasteiger partial charge in [0.05, 0.1) is 6.54 Å². The number of benzene rings is 1. The highest BCUT2D eigenvalue weighted by Gasteiger charge is 2.32. The number of ether oxygens (including phenoxy) is 1. The molecular weight excluding hydrogens is 358 g/mol. The summed E-state index contributed by atoms with van der Waals surface area (Å²) in [5.74, 6) is 0.515. The zero-order chi connectivity index (χ0) is 19.7. The fourth-order valence-corrected chi connectivity index (χ4v) is 3.66. The van der Waals surface area contributed by atoms with E-state index in [1.807, 2.05) is 25.1 Å². The van der Waals surface area contributed by atoms with Gasteiger partial charge in [-0.15, -0.1) is 0 Å². The molecule has 0 unspecified atom stereocenters. The Kier molecular flexibility index (Phi) is 5.00. The fourth-order valence-electron chi connectivity index (χ4n) is 3.66. The Morgan fingerprint density at radius 3 is 2.93 bits per heavy atom. The Labute approximate surface area is 163 Å². The lowest BCUT2D eigenvalue weighted by Gasteiger charge is -2.36. The second-order valence-corrected chi connectivity index (χ2v) is 7.29. The van der Waals surface area contributed by atoms with Gasteiger partial charge in [-0.05, 0) is 49.2 Å². The van der Waals surface area contributed by atoms with Gasteiger partial charge in [-0.25, -0.2) is 4.98 Å². The molecule has 1 aromatic heterocycles. The number of hydrogen-bond donors (Lipinski definition) is 2. The lowest BCUT2D eigenvalue weighted by molar-refractivity contribution is -0.116. The van der Waals surface area contributed by atoms with Crippen LogP contribution in [0.3, 0.4) is 0 Å². The van der Waals surface area contributed by atoms with Crippen molar-refractivity contribution >= 4 is 17.5 Å². The summed E-state index contributed by atoms with van der Waals surface area (Å²) in [4.78, 5) is 30.0. The Morgan fingerprint density at radius 1 is 1.29 bits per heavy atom. The van der Waals surface area contributed by atoms with Crippen molar-refractivity contribution in [3.63, 3.8) is 0 Å². The molecule has 0 bridgehead atoms. The van der Waals surface area contributed by atoms with Crippen LogP contribution in [0, 0.1) is 6.92 Å². The van der Waals surface area contributed by atoms with Gasteiger partial charge in [-0.1, -0.05) is 6.07 Å². The van der Waals surface area contributed by atoms with Crippen molar-refractivity contribution in [2.45, 2.75) is 38.4 Å². The molecule has 2 amide bonds. The maximum atomic E-state index is 12.6. The summed E-state index contributed by atoms with van der Waals surface area (Å²) < 4.78 is 6.00. The molecular formula is C21H23N3O4. The van der Waals surface area contributed by atoms with Gasteiger partial charge in [0, 0.05) is 30.8 Å². The molecule has 4 rings (SSSR count). The van der Waals surface area contributed by atoms with Crippen LogP contribution in [0.4, 0.5) is 5.69 Å². The second kappa shape index (κ2) is 7.59. The van der Waals surface area contributed by atoms with E-state index in [9.17, 15) is 14.7 Å². The third-order valence-electron chi connectivity index (χ3n) is 5.17. The Balaban J connectivity index is 1.39. The molecule has 2 N–H and O–H groups in total. The van der Waals surface area contributed by atoms with Gasteiger partial charge in [0.15, 0.2) is 0 Å². The molecule has 0 spiro atoms. The molecule has 1 saturated heterocycles. The molecule has 2 aliphatic heterocycles. The van der Waals surface area contributed by atoms with Crippen LogP contribution in [0.25, 0.3) is 0 Å². The number of carbonyl (C=O) groups is 2. The molecule has 3 heterocycles. The van der Waals surface area contributed by atoms with Crippen molar-refractivity contribution in [1.29, 1.82) is 0 Å². The molecule has 2 aliphatic rings. The number of carbonyl (C=O) groups excluding carboxylic acids is 2. The van der Waals surface area contributed by atoms with Crippen LogP contribution in [-0.2, 0) is 11.2 Å². The van der Waals surface area contributed by atoms with Gasteiger partial charge in [0.25, 0.3) is 5.91 Å². The molecule has 2 aromatic rings. The average molecular weight is 381 g/mol. The lowest BCUT2D eigenvalue weighted by atomic mass is 10.0. The largest absolute Gasteiger partial charge is 0.488 e. The summed E-state index contributed by atoms with van der Waals surface area (Å²) in [6.45, 7) is 2.55. The summed E-state index contributed by atoms with van der Waals surface area (Å²) in [6, 6.07) is 10.9. The van der Waals surface area contributed by atoms with E-state index in [0.29, 0.717) is 37.3 Å². The number of aliphatic hydroxyl groups excluding tert-OH is 1. The maximum absolute atomic E-state index is 12.6. The molecule has 7 heteroatoms. The molecule has 146 valence electrons. The first-order chi connectivity index (χ1) is 13.5. The van der Waals surface area contributed by atoms with Crippen molar-refractivity contribution in [3.05, 3.63) is 53.3 Å². The van der Waals surface area contributed by atoms with Gasteiger partial charge < -0.3 is 20.1 Å². The second-order valence-electron chi connectivity index (χ2n) is 7.29. The number of pyridine rings is 1. The Bertz CT molecular complexity index is 914. The quantitative estimate of drug-likeness (QED) is 0.848. The maximum Gasteiger partial charge on any atom is 0.272 e. The predicted molar refractivity (Wildman–Crippen MR) is 103 cm³/mol. The molecule has 1 aromatic carbocycles. The number of piperidine rings is 1. The normalized spacial score (nSPS) is 21.6. The Hall–Kier alpha value is -2.93. The van der Waals surface area contributed by atoms with E-state index < -0.39 is 6.10 Å². The van der Waals surface area contributed by atoms with E-state index in [2.05, 4.69) is 10.3 Å². The number of fused-ring (bicyclic) bond motifs is 1. The standard InChI is InChI=1S/C21H23N3O4/c1-13-3-2-4-17(22-13)21(27)24-10-9-19(18(25)12-24)28-15-6-7-16-14(11-15)5-8-20(26)23-16/h2-4,6-7,11,18-19,25H,5,8-10,12H2,1H3,(H,23,26)/t18-,19-/m1/s1. The number of anilines is 1. The van der Waals surface area contributed by atoms with E-state index in [4.69, 9.17) is 4.74 Å². The number of rotatable bonds is 3. The topological polar surface area (TPSA) is 91.8 Å². The van der Waals surface area contributed by atoms with E-state index in [0.717, 1.165) is 16.9 Å². The third kappa shape index (κ3) is 3.84.